The van der Waals surface area contributed by atoms with Crippen LogP contribution in [0.25, 0.3) is 0 Å². The van der Waals surface area contributed by atoms with Gasteiger partial charge in [-0.2, -0.15) is 5.26 Å². The SMILES string of the molecule is C[Si](C)(C)CC(C#N)c1cc(Br)ccc1F. The molecule has 1 unspecified atom stereocenters. The standard InChI is InChI=1S/C12H15BrFNSi/c1-16(2,3)8-9(7-15)11-6-10(13)4-5-12(11)14/h4-6,9H,8H2,1-3H3. The van der Waals surface area contributed by atoms with Crippen molar-refractivity contribution in [2.24, 2.45) is 0 Å². The van der Waals surface area contributed by atoms with Crippen molar-refractivity contribution in [1.82, 2.24) is 0 Å². The van der Waals surface area contributed by atoms with E-state index in [0.717, 1.165) is 10.5 Å². The topological polar surface area (TPSA) is 23.8 Å². The summed E-state index contributed by atoms with van der Waals surface area (Å²) in [5, 5.41) is 9.15. The molecule has 0 aliphatic rings. The second-order valence-electron chi connectivity index (χ2n) is 5.11. The molecular weight excluding hydrogens is 285 g/mol. The van der Waals surface area contributed by atoms with Crippen LogP contribution in [0.3, 0.4) is 0 Å². The molecule has 0 amide bonds. The van der Waals surface area contributed by atoms with Gasteiger partial charge in [-0.15, -0.1) is 0 Å². The number of hydrogen-bond acceptors (Lipinski definition) is 1. The normalized spacial score (nSPS) is 13.2. The fraction of sp³-hybridized carbons (Fsp3) is 0.417. The molecule has 16 heavy (non-hydrogen) atoms. The van der Waals surface area contributed by atoms with Crippen LogP contribution in [0.5, 0.6) is 0 Å². The van der Waals surface area contributed by atoms with Crippen LogP contribution in [0.1, 0.15) is 11.5 Å². The Morgan fingerprint density at radius 3 is 2.56 bits per heavy atom. The lowest BCUT2D eigenvalue weighted by molar-refractivity contribution is 0.605. The maximum absolute atomic E-state index is 13.6. The minimum atomic E-state index is -1.37. The molecule has 1 nitrogen and oxygen atoms in total. The molecule has 0 heterocycles. The van der Waals surface area contributed by atoms with Crippen LogP contribution in [0, 0.1) is 17.1 Å². The van der Waals surface area contributed by atoms with E-state index in [1.807, 2.05) is 0 Å². The van der Waals surface area contributed by atoms with E-state index in [2.05, 4.69) is 41.6 Å². The van der Waals surface area contributed by atoms with Crippen molar-refractivity contribution in [3.05, 3.63) is 34.1 Å². The summed E-state index contributed by atoms with van der Waals surface area (Å²) >= 11 is 3.31. The minimum absolute atomic E-state index is 0.284. The maximum Gasteiger partial charge on any atom is 0.127 e. The first-order chi connectivity index (χ1) is 7.33. The average Bonchev–Trinajstić information content (AvgIpc) is 2.17. The molecule has 0 aliphatic heterocycles. The predicted molar refractivity (Wildman–Crippen MR) is 70.6 cm³/mol. The highest BCUT2D eigenvalue weighted by molar-refractivity contribution is 9.10. The highest BCUT2D eigenvalue weighted by Gasteiger charge is 2.23. The van der Waals surface area contributed by atoms with E-state index in [1.165, 1.54) is 6.07 Å². The molecule has 0 saturated carbocycles. The molecule has 86 valence electrons. The van der Waals surface area contributed by atoms with Gasteiger partial charge < -0.3 is 0 Å². The summed E-state index contributed by atoms with van der Waals surface area (Å²) in [4.78, 5) is 0. The molecule has 4 heteroatoms. The summed E-state index contributed by atoms with van der Waals surface area (Å²) < 4.78 is 14.4. The molecule has 0 fully saturated rings. The number of benzene rings is 1. The molecule has 0 radical (unpaired) electrons. The summed E-state index contributed by atoms with van der Waals surface area (Å²) in [6, 6.07) is 7.78. The zero-order valence-electron chi connectivity index (χ0n) is 9.72. The van der Waals surface area contributed by atoms with E-state index >= 15 is 0 Å². The van der Waals surface area contributed by atoms with Gasteiger partial charge in [-0.1, -0.05) is 35.6 Å². The Morgan fingerprint density at radius 2 is 2.06 bits per heavy atom. The van der Waals surface area contributed by atoms with Crippen LogP contribution in [0.2, 0.25) is 25.7 Å². The van der Waals surface area contributed by atoms with Gasteiger partial charge in [0.25, 0.3) is 0 Å². The van der Waals surface area contributed by atoms with Crippen molar-refractivity contribution < 1.29 is 4.39 Å². The summed E-state index contributed by atoms with van der Waals surface area (Å²) in [7, 11) is -1.37. The third kappa shape index (κ3) is 3.73. The van der Waals surface area contributed by atoms with Gasteiger partial charge in [0.15, 0.2) is 0 Å². The van der Waals surface area contributed by atoms with Gasteiger partial charge in [0.2, 0.25) is 0 Å². The molecular formula is C12H15BrFNSi. The van der Waals surface area contributed by atoms with Crippen molar-refractivity contribution in [3.63, 3.8) is 0 Å². The molecule has 0 bridgehead atoms. The van der Waals surface area contributed by atoms with Crippen LogP contribution < -0.4 is 0 Å². The van der Waals surface area contributed by atoms with Crippen LogP contribution in [0.4, 0.5) is 4.39 Å². The lowest BCUT2D eigenvalue weighted by Gasteiger charge is -2.20. The second kappa shape index (κ2) is 5.11. The Labute approximate surface area is 105 Å². The molecule has 0 aliphatic carbocycles. The number of hydrogen-bond donors (Lipinski definition) is 0. The quantitative estimate of drug-likeness (QED) is 0.752. The van der Waals surface area contributed by atoms with Gasteiger partial charge in [0.05, 0.1) is 12.0 Å². The first-order valence-electron chi connectivity index (χ1n) is 5.18. The Bertz CT molecular complexity index is 420. The van der Waals surface area contributed by atoms with Crippen LogP contribution in [0.15, 0.2) is 22.7 Å². The third-order valence-electron chi connectivity index (χ3n) is 2.31. The number of nitriles is 1. The summed E-state index contributed by atoms with van der Waals surface area (Å²) in [6.45, 7) is 6.56. The van der Waals surface area contributed by atoms with Crippen molar-refractivity contribution in [1.29, 1.82) is 5.26 Å². The Morgan fingerprint density at radius 1 is 1.44 bits per heavy atom. The van der Waals surface area contributed by atoms with Crippen LogP contribution in [-0.2, 0) is 0 Å². The van der Waals surface area contributed by atoms with Gasteiger partial charge in [-0.3, -0.25) is 0 Å². The fourth-order valence-electron chi connectivity index (χ4n) is 1.62. The molecule has 0 saturated heterocycles. The second-order valence-corrected chi connectivity index (χ2v) is 11.6. The Kier molecular flexibility index (Phi) is 4.28. The van der Waals surface area contributed by atoms with Crippen molar-refractivity contribution >= 4 is 24.0 Å². The van der Waals surface area contributed by atoms with E-state index in [9.17, 15) is 4.39 Å². The van der Waals surface area contributed by atoms with Crippen LogP contribution in [-0.4, -0.2) is 8.07 Å². The minimum Gasteiger partial charge on any atom is -0.207 e. The van der Waals surface area contributed by atoms with E-state index in [0.29, 0.717) is 5.56 Å². The van der Waals surface area contributed by atoms with Crippen molar-refractivity contribution in [3.8, 4) is 6.07 Å². The first-order valence-corrected chi connectivity index (χ1v) is 9.68. The Balaban J connectivity index is 3.05. The largest absolute Gasteiger partial charge is 0.207 e. The van der Waals surface area contributed by atoms with Crippen LogP contribution >= 0.6 is 15.9 Å². The zero-order valence-corrected chi connectivity index (χ0v) is 12.3. The van der Waals surface area contributed by atoms with E-state index in [4.69, 9.17) is 5.26 Å². The lowest BCUT2D eigenvalue weighted by Crippen LogP contribution is -2.22. The fourth-order valence-corrected chi connectivity index (χ4v) is 3.53. The maximum atomic E-state index is 13.6. The molecule has 0 N–H and O–H groups in total. The molecule has 0 spiro atoms. The Hall–Kier alpha value is -0.663. The van der Waals surface area contributed by atoms with Crippen molar-refractivity contribution in [2.75, 3.05) is 0 Å². The monoisotopic (exact) mass is 299 g/mol. The van der Waals surface area contributed by atoms with Gasteiger partial charge >= 0.3 is 0 Å². The predicted octanol–water partition coefficient (Wildman–Crippen LogP) is 4.53. The van der Waals surface area contributed by atoms with Crippen molar-refractivity contribution in [2.45, 2.75) is 31.6 Å². The number of halogens is 2. The van der Waals surface area contributed by atoms with E-state index in [-0.39, 0.29) is 11.7 Å². The zero-order chi connectivity index (χ0) is 12.3. The highest BCUT2D eigenvalue weighted by Crippen LogP contribution is 2.29. The summed E-state index contributed by atoms with van der Waals surface area (Å²) in [5.41, 5.74) is 0.513. The third-order valence-corrected chi connectivity index (χ3v) is 4.43. The van der Waals surface area contributed by atoms with E-state index < -0.39 is 8.07 Å². The molecule has 1 atom stereocenters. The summed E-state index contributed by atoms with van der Waals surface area (Å²) in [5.74, 6) is -0.614. The van der Waals surface area contributed by atoms with Gasteiger partial charge in [-0.05, 0) is 24.2 Å². The lowest BCUT2D eigenvalue weighted by atomic mass is 10.0. The first kappa shape index (κ1) is 13.4. The number of nitrogens with zero attached hydrogens (tertiary/aromatic N) is 1. The van der Waals surface area contributed by atoms with E-state index in [1.54, 1.807) is 12.1 Å². The smallest absolute Gasteiger partial charge is 0.127 e. The molecule has 1 aromatic rings. The summed E-state index contributed by atoms with van der Waals surface area (Å²) in [6.07, 6.45) is 0. The van der Waals surface area contributed by atoms with Gasteiger partial charge in [-0.25, -0.2) is 4.39 Å². The highest BCUT2D eigenvalue weighted by atomic mass is 79.9. The average molecular weight is 300 g/mol. The molecule has 1 aromatic carbocycles. The molecule has 0 aromatic heterocycles. The van der Waals surface area contributed by atoms with Gasteiger partial charge in [0, 0.05) is 18.1 Å². The number of rotatable bonds is 3. The molecule has 1 rings (SSSR count). The van der Waals surface area contributed by atoms with Gasteiger partial charge in [0.1, 0.15) is 5.82 Å².